The molecule has 0 spiro atoms. The average molecular weight is 391 g/mol. The van der Waals surface area contributed by atoms with Crippen molar-refractivity contribution in [1.29, 1.82) is 0 Å². The summed E-state index contributed by atoms with van der Waals surface area (Å²) in [7, 11) is 3.85. The maximum absolute atomic E-state index is 5.86. The van der Waals surface area contributed by atoms with Crippen LogP contribution in [0.5, 0.6) is 5.75 Å². The summed E-state index contributed by atoms with van der Waals surface area (Å²) in [6.07, 6.45) is 2.43. The molecule has 6 nitrogen and oxygen atoms in total. The molecule has 1 aliphatic rings. The number of methoxy groups -OCH3 is 1. The van der Waals surface area contributed by atoms with Crippen LogP contribution in [0.1, 0.15) is 25.3 Å². The van der Waals surface area contributed by atoms with Gasteiger partial charge in [0.2, 0.25) is 0 Å². The number of likely N-dealkylation sites (N-methyl/N-ethyl adjacent to an activating group) is 1. The number of aryl methyl sites for hydroxylation is 1. The Morgan fingerprint density at radius 3 is 2.57 bits per heavy atom. The summed E-state index contributed by atoms with van der Waals surface area (Å²) in [6.45, 7) is 11.6. The lowest BCUT2D eigenvalue weighted by molar-refractivity contribution is 0.121. The van der Waals surface area contributed by atoms with Gasteiger partial charge in [0, 0.05) is 33.8 Å². The van der Waals surface area contributed by atoms with E-state index in [1.807, 2.05) is 12.1 Å². The Balaban J connectivity index is 1.75. The molecule has 0 radical (unpaired) electrons. The lowest BCUT2D eigenvalue weighted by Gasteiger charge is -2.31. The molecular weight excluding hydrogens is 352 g/mol. The third kappa shape index (κ3) is 8.07. The van der Waals surface area contributed by atoms with Gasteiger partial charge >= 0.3 is 0 Å². The van der Waals surface area contributed by atoms with Crippen molar-refractivity contribution in [3.8, 4) is 5.75 Å². The van der Waals surface area contributed by atoms with Crippen LogP contribution in [0.15, 0.2) is 29.3 Å². The van der Waals surface area contributed by atoms with E-state index in [9.17, 15) is 0 Å². The zero-order valence-corrected chi connectivity index (χ0v) is 18.1. The molecule has 158 valence electrons. The molecule has 2 rings (SSSR count). The van der Waals surface area contributed by atoms with Gasteiger partial charge in [-0.2, -0.15) is 0 Å². The first-order valence-corrected chi connectivity index (χ1v) is 10.5. The standard InChI is InChI=1S/C22H38N4O2/c1-5-23-22(24-18-20-10-12-26(13-11-20)15-16-27-4)25(3)14-17-28-21-8-6-19(2)7-9-21/h6-9,20H,5,10-18H2,1-4H3,(H,23,24). The first kappa shape index (κ1) is 22.5. The normalized spacial score (nSPS) is 16.2. The number of hydrogen-bond acceptors (Lipinski definition) is 4. The van der Waals surface area contributed by atoms with Gasteiger partial charge in [0.25, 0.3) is 0 Å². The summed E-state index contributed by atoms with van der Waals surface area (Å²) in [6, 6.07) is 8.19. The van der Waals surface area contributed by atoms with E-state index < -0.39 is 0 Å². The van der Waals surface area contributed by atoms with Crippen LogP contribution in [0.4, 0.5) is 0 Å². The molecule has 0 unspecified atom stereocenters. The summed E-state index contributed by atoms with van der Waals surface area (Å²) in [5, 5.41) is 3.41. The fraction of sp³-hybridized carbons (Fsp3) is 0.682. The Bertz CT molecular complexity index is 568. The summed E-state index contributed by atoms with van der Waals surface area (Å²) in [5.74, 6) is 2.56. The highest BCUT2D eigenvalue weighted by Crippen LogP contribution is 2.17. The number of hydrogen-bond donors (Lipinski definition) is 1. The quantitative estimate of drug-likeness (QED) is 0.492. The zero-order valence-electron chi connectivity index (χ0n) is 18.1. The zero-order chi connectivity index (χ0) is 20.2. The van der Waals surface area contributed by atoms with Crippen molar-refractivity contribution in [3.05, 3.63) is 29.8 Å². The van der Waals surface area contributed by atoms with Crippen molar-refractivity contribution in [2.75, 3.05) is 66.6 Å². The molecule has 0 aliphatic carbocycles. The van der Waals surface area contributed by atoms with Gasteiger partial charge in [-0.05, 0) is 57.8 Å². The first-order valence-electron chi connectivity index (χ1n) is 10.5. The molecule has 1 saturated heterocycles. The van der Waals surface area contributed by atoms with Crippen LogP contribution in [-0.2, 0) is 4.74 Å². The summed E-state index contributed by atoms with van der Waals surface area (Å²) in [4.78, 5) is 9.54. The summed E-state index contributed by atoms with van der Waals surface area (Å²) in [5.41, 5.74) is 1.25. The molecule has 1 heterocycles. The van der Waals surface area contributed by atoms with Crippen molar-refractivity contribution in [3.63, 3.8) is 0 Å². The number of aliphatic imine (C=N–C) groups is 1. The number of piperidine rings is 1. The average Bonchev–Trinajstić information content (AvgIpc) is 2.71. The maximum atomic E-state index is 5.86. The molecule has 1 aromatic carbocycles. The van der Waals surface area contributed by atoms with Gasteiger partial charge in [0.15, 0.2) is 5.96 Å². The van der Waals surface area contributed by atoms with Gasteiger partial charge in [-0.25, -0.2) is 0 Å². The Labute approximate surface area is 170 Å². The maximum Gasteiger partial charge on any atom is 0.193 e. The fourth-order valence-electron chi connectivity index (χ4n) is 3.34. The molecule has 1 fully saturated rings. The SMILES string of the molecule is CCNC(=NCC1CCN(CCOC)CC1)N(C)CCOc1ccc(C)cc1. The number of guanidine groups is 1. The third-order valence-electron chi connectivity index (χ3n) is 5.23. The van der Waals surface area contributed by atoms with Crippen LogP contribution in [0, 0.1) is 12.8 Å². The molecule has 6 heteroatoms. The van der Waals surface area contributed by atoms with E-state index in [2.05, 4.69) is 48.1 Å². The smallest absolute Gasteiger partial charge is 0.193 e. The van der Waals surface area contributed by atoms with E-state index in [0.29, 0.717) is 12.5 Å². The lowest BCUT2D eigenvalue weighted by Crippen LogP contribution is -2.41. The highest BCUT2D eigenvalue weighted by Gasteiger charge is 2.19. The molecule has 0 saturated carbocycles. The first-order chi connectivity index (χ1) is 13.6. The van der Waals surface area contributed by atoms with Crippen molar-refractivity contribution >= 4 is 5.96 Å². The predicted molar refractivity (Wildman–Crippen MR) is 116 cm³/mol. The van der Waals surface area contributed by atoms with Crippen molar-refractivity contribution < 1.29 is 9.47 Å². The number of ether oxygens (including phenoxy) is 2. The Morgan fingerprint density at radius 1 is 1.21 bits per heavy atom. The van der Waals surface area contributed by atoms with Gasteiger partial charge in [-0.15, -0.1) is 0 Å². The Kier molecular flexibility index (Phi) is 10.1. The molecular formula is C22H38N4O2. The van der Waals surface area contributed by atoms with Crippen LogP contribution >= 0.6 is 0 Å². The molecule has 1 aromatic rings. The van der Waals surface area contributed by atoms with Crippen LogP contribution in [0.2, 0.25) is 0 Å². The Morgan fingerprint density at radius 2 is 1.93 bits per heavy atom. The van der Waals surface area contributed by atoms with E-state index in [-0.39, 0.29) is 0 Å². The molecule has 0 amide bonds. The predicted octanol–water partition coefficient (Wildman–Crippen LogP) is 2.63. The van der Waals surface area contributed by atoms with Crippen molar-refractivity contribution in [2.24, 2.45) is 10.9 Å². The van der Waals surface area contributed by atoms with Crippen molar-refractivity contribution in [1.82, 2.24) is 15.1 Å². The van der Waals surface area contributed by atoms with Crippen LogP contribution in [-0.4, -0.2) is 82.4 Å². The second kappa shape index (κ2) is 12.6. The van der Waals surface area contributed by atoms with Crippen LogP contribution in [0.25, 0.3) is 0 Å². The number of nitrogens with one attached hydrogen (secondary N) is 1. The van der Waals surface area contributed by atoms with Gasteiger partial charge < -0.3 is 24.6 Å². The summed E-state index contributed by atoms with van der Waals surface area (Å²) >= 11 is 0. The molecule has 1 N–H and O–H groups in total. The van der Waals surface area contributed by atoms with Gasteiger partial charge in [0.05, 0.1) is 13.2 Å². The molecule has 0 aromatic heterocycles. The fourth-order valence-corrected chi connectivity index (χ4v) is 3.34. The van der Waals surface area contributed by atoms with E-state index in [0.717, 1.165) is 57.6 Å². The molecule has 1 aliphatic heterocycles. The van der Waals surface area contributed by atoms with E-state index >= 15 is 0 Å². The minimum Gasteiger partial charge on any atom is -0.492 e. The number of likely N-dealkylation sites (tertiary alicyclic amines) is 1. The Hall–Kier alpha value is -1.79. The van der Waals surface area contributed by atoms with Gasteiger partial charge in [-0.3, -0.25) is 4.99 Å². The molecule has 28 heavy (non-hydrogen) atoms. The topological polar surface area (TPSA) is 49.3 Å². The lowest BCUT2D eigenvalue weighted by atomic mass is 9.97. The van der Waals surface area contributed by atoms with Gasteiger partial charge in [0.1, 0.15) is 12.4 Å². The largest absolute Gasteiger partial charge is 0.492 e. The molecule has 0 bridgehead atoms. The second-order valence-corrected chi connectivity index (χ2v) is 7.56. The minimum absolute atomic E-state index is 0.641. The van der Waals surface area contributed by atoms with Crippen molar-refractivity contribution in [2.45, 2.75) is 26.7 Å². The minimum atomic E-state index is 0.641. The molecule has 0 atom stereocenters. The number of nitrogens with zero attached hydrogens (tertiary/aromatic N) is 3. The third-order valence-corrected chi connectivity index (χ3v) is 5.23. The summed E-state index contributed by atoms with van der Waals surface area (Å²) < 4.78 is 11.0. The van der Waals surface area contributed by atoms with E-state index in [1.54, 1.807) is 7.11 Å². The van der Waals surface area contributed by atoms with Crippen LogP contribution < -0.4 is 10.1 Å². The highest BCUT2D eigenvalue weighted by atomic mass is 16.5. The number of benzene rings is 1. The monoisotopic (exact) mass is 390 g/mol. The van der Waals surface area contributed by atoms with Crippen LogP contribution in [0.3, 0.4) is 0 Å². The van der Waals surface area contributed by atoms with Gasteiger partial charge in [-0.1, -0.05) is 17.7 Å². The van der Waals surface area contributed by atoms with E-state index in [4.69, 9.17) is 14.5 Å². The number of rotatable bonds is 10. The highest BCUT2D eigenvalue weighted by molar-refractivity contribution is 5.79. The van der Waals surface area contributed by atoms with E-state index in [1.165, 1.54) is 18.4 Å². The second-order valence-electron chi connectivity index (χ2n) is 7.56.